The largest absolute Gasteiger partial charge is 0.395 e. The fourth-order valence-electron chi connectivity index (χ4n) is 1.33. The molecule has 18 heavy (non-hydrogen) atoms. The van der Waals surface area contributed by atoms with Crippen LogP contribution < -0.4 is 5.32 Å². The Bertz CT molecular complexity index is 409. The highest BCUT2D eigenvalue weighted by Crippen LogP contribution is 2.13. The van der Waals surface area contributed by atoms with Crippen LogP contribution in [0.25, 0.3) is 0 Å². The Hall–Kier alpha value is -1.73. The van der Waals surface area contributed by atoms with Gasteiger partial charge in [-0.2, -0.15) is 0 Å². The molecule has 0 fully saturated rings. The number of hydrogen-bond acceptors (Lipinski definition) is 3. The molecular formula is C11H14F2N2O3. The molecule has 1 aromatic carbocycles. The predicted molar refractivity (Wildman–Crippen MR) is 61.1 cm³/mol. The van der Waals surface area contributed by atoms with E-state index in [0.717, 1.165) is 17.0 Å². The van der Waals surface area contributed by atoms with Gasteiger partial charge in [0.25, 0.3) is 0 Å². The number of amides is 2. The molecule has 1 rings (SSSR count). The van der Waals surface area contributed by atoms with Crippen LogP contribution in [-0.2, 0) is 0 Å². The highest BCUT2D eigenvalue weighted by atomic mass is 19.2. The van der Waals surface area contributed by atoms with Crippen molar-refractivity contribution < 1.29 is 23.8 Å². The van der Waals surface area contributed by atoms with Gasteiger partial charge in [-0.15, -0.1) is 0 Å². The van der Waals surface area contributed by atoms with Crippen LogP contribution in [0, 0.1) is 11.6 Å². The van der Waals surface area contributed by atoms with Gasteiger partial charge in [0.15, 0.2) is 11.6 Å². The van der Waals surface area contributed by atoms with Crippen molar-refractivity contribution in [2.45, 2.75) is 0 Å². The predicted octanol–water partition coefficient (Wildman–Crippen LogP) is 0.783. The lowest BCUT2D eigenvalue weighted by Crippen LogP contribution is -2.38. The van der Waals surface area contributed by atoms with E-state index >= 15 is 0 Å². The van der Waals surface area contributed by atoms with Crippen molar-refractivity contribution >= 4 is 11.7 Å². The molecule has 0 aliphatic rings. The molecule has 0 atom stereocenters. The van der Waals surface area contributed by atoms with Crippen LogP contribution in [0.3, 0.4) is 0 Å². The molecule has 0 aromatic heterocycles. The van der Waals surface area contributed by atoms with Gasteiger partial charge in [0.05, 0.1) is 13.2 Å². The van der Waals surface area contributed by atoms with Crippen LogP contribution in [0.4, 0.5) is 19.3 Å². The smallest absolute Gasteiger partial charge is 0.322 e. The Morgan fingerprint density at radius 2 is 1.78 bits per heavy atom. The van der Waals surface area contributed by atoms with Crippen molar-refractivity contribution in [2.75, 3.05) is 31.6 Å². The maximum Gasteiger partial charge on any atom is 0.322 e. The normalized spacial score (nSPS) is 10.2. The first-order valence-corrected chi connectivity index (χ1v) is 5.31. The first-order valence-electron chi connectivity index (χ1n) is 5.31. The van der Waals surface area contributed by atoms with Crippen LogP contribution in [-0.4, -0.2) is 47.4 Å². The van der Waals surface area contributed by atoms with Gasteiger partial charge in [-0.1, -0.05) is 0 Å². The minimum atomic E-state index is -1.07. The third-order valence-corrected chi connectivity index (χ3v) is 2.20. The summed E-state index contributed by atoms with van der Waals surface area (Å²) < 4.78 is 25.6. The zero-order valence-corrected chi connectivity index (χ0v) is 9.57. The molecule has 0 saturated heterocycles. The lowest BCUT2D eigenvalue weighted by atomic mass is 10.3. The summed E-state index contributed by atoms with van der Waals surface area (Å²) in [5.74, 6) is -2.07. The average molecular weight is 260 g/mol. The zero-order chi connectivity index (χ0) is 13.5. The minimum absolute atomic E-state index is 0.0378. The molecule has 0 saturated carbocycles. The van der Waals surface area contributed by atoms with Gasteiger partial charge in [-0.3, -0.25) is 0 Å². The highest BCUT2D eigenvalue weighted by Gasteiger charge is 2.13. The van der Waals surface area contributed by atoms with E-state index in [-0.39, 0.29) is 32.0 Å². The highest BCUT2D eigenvalue weighted by molar-refractivity contribution is 5.89. The van der Waals surface area contributed by atoms with Crippen LogP contribution in [0.15, 0.2) is 18.2 Å². The number of nitrogens with one attached hydrogen (secondary N) is 1. The van der Waals surface area contributed by atoms with E-state index in [0.29, 0.717) is 0 Å². The Balaban J connectivity index is 2.69. The molecule has 0 bridgehead atoms. The SMILES string of the molecule is O=C(Nc1ccc(F)c(F)c1)N(CCO)CCO. The van der Waals surface area contributed by atoms with E-state index in [2.05, 4.69) is 5.32 Å². The van der Waals surface area contributed by atoms with E-state index in [4.69, 9.17) is 10.2 Å². The Morgan fingerprint density at radius 3 is 2.28 bits per heavy atom. The molecule has 2 amide bonds. The third-order valence-electron chi connectivity index (χ3n) is 2.20. The average Bonchev–Trinajstić information content (AvgIpc) is 2.33. The number of hydrogen-bond donors (Lipinski definition) is 3. The quantitative estimate of drug-likeness (QED) is 0.732. The summed E-state index contributed by atoms with van der Waals surface area (Å²) in [7, 11) is 0. The number of rotatable bonds is 5. The lowest BCUT2D eigenvalue weighted by Gasteiger charge is -2.21. The van der Waals surface area contributed by atoms with Crippen molar-refractivity contribution in [1.29, 1.82) is 0 Å². The van der Waals surface area contributed by atoms with E-state index < -0.39 is 17.7 Å². The second kappa shape index (κ2) is 6.87. The van der Waals surface area contributed by atoms with Crippen LogP contribution in [0.5, 0.6) is 0 Å². The minimum Gasteiger partial charge on any atom is -0.395 e. The maximum absolute atomic E-state index is 12.9. The standard InChI is InChI=1S/C11H14F2N2O3/c12-9-2-1-8(7-10(9)13)14-11(18)15(3-5-16)4-6-17/h1-2,7,16-17H,3-6H2,(H,14,18). The molecule has 0 spiro atoms. The van der Waals surface area contributed by atoms with E-state index in [1.807, 2.05) is 0 Å². The number of anilines is 1. The van der Waals surface area contributed by atoms with Gasteiger partial charge >= 0.3 is 6.03 Å². The van der Waals surface area contributed by atoms with Crippen LogP contribution >= 0.6 is 0 Å². The first-order chi connectivity index (χ1) is 8.58. The molecule has 5 nitrogen and oxygen atoms in total. The summed E-state index contributed by atoms with van der Waals surface area (Å²) in [4.78, 5) is 12.8. The molecule has 7 heteroatoms. The number of urea groups is 1. The lowest BCUT2D eigenvalue weighted by molar-refractivity contribution is 0.167. The Labute approximate surface area is 103 Å². The van der Waals surface area contributed by atoms with Crippen molar-refractivity contribution in [3.05, 3.63) is 29.8 Å². The molecule has 0 heterocycles. The molecule has 3 N–H and O–H groups in total. The zero-order valence-electron chi connectivity index (χ0n) is 9.57. The topological polar surface area (TPSA) is 72.8 Å². The molecule has 0 unspecified atom stereocenters. The van der Waals surface area contributed by atoms with Crippen molar-refractivity contribution in [2.24, 2.45) is 0 Å². The van der Waals surface area contributed by atoms with E-state index in [1.54, 1.807) is 0 Å². The van der Waals surface area contributed by atoms with Gasteiger partial charge in [0, 0.05) is 24.8 Å². The molecule has 100 valence electrons. The van der Waals surface area contributed by atoms with Crippen molar-refractivity contribution in [1.82, 2.24) is 4.90 Å². The summed E-state index contributed by atoms with van der Waals surface area (Å²) in [6, 6.07) is 2.35. The summed E-state index contributed by atoms with van der Waals surface area (Å²) in [5, 5.41) is 19.8. The monoisotopic (exact) mass is 260 g/mol. The number of benzene rings is 1. The van der Waals surface area contributed by atoms with E-state index in [1.165, 1.54) is 6.07 Å². The molecular weight excluding hydrogens is 246 g/mol. The van der Waals surface area contributed by atoms with Crippen LogP contribution in [0.1, 0.15) is 0 Å². The molecule has 0 radical (unpaired) electrons. The summed E-state index contributed by atoms with van der Waals surface area (Å²) >= 11 is 0. The first kappa shape index (κ1) is 14.3. The molecule has 1 aromatic rings. The van der Waals surface area contributed by atoms with Crippen LogP contribution in [0.2, 0.25) is 0 Å². The van der Waals surface area contributed by atoms with Crippen molar-refractivity contribution in [3.63, 3.8) is 0 Å². The Morgan fingerprint density at radius 1 is 1.17 bits per heavy atom. The second-order valence-corrected chi connectivity index (χ2v) is 3.49. The summed E-state index contributed by atoms with van der Waals surface area (Å²) in [6.45, 7) is -0.442. The number of aliphatic hydroxyl groups excluding tert-OH is 2. The number of halogens is 2. The van der Waals surface area contributed by atoms with Gasteiger partial charge in [0.1, 0.15) is 0 Å². The fraction of sp³-hybridized carbons (Fsp3) is 0.364. The van der Waals surface area contributed by atoms with Gasteiger partial charge in [-0.05, 0) is 12.1 Å². The fourth-order valence-corrected chi connectivity index (χ4v) is 1.33. The number of carbonyl (C=O) groups excluding carboxylic acids is 1. The number of carbonyl (C=O) groups is 1. The molecule has 0 aliphatic heterocycles. The third kappa shape index (κ3) is 3.94. The summed E-state index contributed by atoms with van der Waals surface area (Å²) in [6.07, 6.45) is 0. The second-order valence-electron chi connectivity index (χ2n) is 3.49. The number of aliphatic hydroxyl groups is 2. The van der Waals surface area contributed by atoms with E-state index in [9.17, 15) is 13.6 Å². The molecule has 0 aliphatic carbocycles. The number of nitrogens with zero attached hydrogens (tertiary/aromatic N) is 1. The Kier molecular flexibility index (Phi) is 5.47. The van der Waals surface area contributed by atoms with Gasteiger partial charge in [-0.25, -0.2) is 13.6 Å². The van der Waals surface area contributed by atoms with Crippen molar-refractivity contribution in [3.8, 4) is 0 Å². The summed E-state index contributed by atoms with van der Waals surface area (Å²) in [5.41, 5.74) is 0.0970. The maximum atomic E-state index is 12.9. The van der Waals surface area contributed by atoms with Gasteiger partial charge < -0.3 is 20.4 Å². The van der Waals surface area contributed by atoms with Gasteiger partial charge in [0.2, 0.25) is 0 Å².